The van der Waals surface area contributed by atoms with E-state index in [9.17, 15) is 20.1 Å². The van der Waals surface area contributed by atoms with Gasteiger partial charge in [0.1, 0.15) is 11.5 Å². The first-order valence-corrected chi connectivity index (χ1v) is 7.84. The number of unbranched alkanes of at least 4 members (excludes halogenated alkanes) is 3. The summed E-state index contributed by atoms with van der Waals surface area (Å²) in [5.41, 5.74) is 0.590. The molecular formula is C17H26O5. The fourth-order valence-corrected chi connectivity index (χ4v) is 2.25. The summed E-state index contributed by atoms with van der Waals surface area (Å²) >= 11 is 0. The topological polar surface area (TPSA) is 87.0 Å². The average Bonchev–Trinajstić information content (AvgIpc) is 2.49. The molecule has 0 aromatic heterocycles. The normalized spacial score (nSPS) is 12.1. The van der Waals surface area contributed by atoms with Crippen LogP contribution in [0.4, 0.5) is 0 Å². The third-order valence-corrected chi connectivity index (χ3v) is 3.55. The van der Waals surface area contributed by atoms with Crippen LogP contribution < -0.4 is 0 Å². The third-order valence-electron chi connectivity index (χ3n) is 3.55. The van der Waals surface area contributed by atoms with Crippen LogP contribution in [-0.2, 0) is 16.0 Å². The van der Waals surface area contributed by atoms with Crippen LogP contribution in [0.3, 0.4) is 0 Å². The van der Waals surface area contributed by atoms with E-state index in [2.05, 4.69) is 6.92 Å². The number of carbonyl (C=O) groups is 1. The molecular weight excluding hydrogens is 284 g/mol. The lowest BCUT2D eigenvalue weighted by Crippen LogP contribution is -2.17. The highest BCUT2D eigenvalue weighted by atomic mass is 16.5. The summed E-state index contributed by atoms with van der Waals surface area (Å²) in [4.78, 5) is 11.7. The molecule has 0 fully saturated rings. The van der Waals surface area contributed by atoms with Crippen molar-refractivity contribution in [1.82, 2.24) is 0 Å². The summed E-state index contributed by atoms with van der Waals surface area (Å²) in [5.74, 6) is -0.688. The van der Waals surface area contributed by atoms with E-state index >= 15 is 0 Å². The van der Waals surface area contributed by atoms with Gasteiger partial charge in [0, 0.05) is 12.7 Å². The largest absolute Gasteiger partial charge is 0.508 e. The number of carbonyl (C=O) groups excluding carboxylic acids is 1. The van der Waals surface area contributed by atoms with Crippen molar-refractivity contribution in [2.24, 2.45) is 5.92 Å². The van der Waals surface area contributed by atoms with Crippen LogP contribution in [0.1, 0.15) is 44.6 Å². The number of esters is 1. The molecule has 1 rings (SSSR count). The van der Waals surface area contributed by atoms with Crippen molar-refractivity contribution in [3.05, 3.63) is 23.8 Å². The number of hydrogen-bond acceptors (Lipinski definition) is 5. The van der Waals surface area contributed by atoms with Gasteiger partial charge in [-0.15, -0.1) is 0 Å². The highest BCUT2D eigenvalue weighted by molar-refractivity contribution is 5.69. The van der Waals surface area contributed by atoms with Crippen molar-refractivity contribution in [3.8, 4) is 11.5 Å². The van der Waals surface area contributed by atoms with Gasteiger partial charge in [-0.2, -0.15) is 0 Å². The number of aromatic hydroxyl groups is 2. The van der Waals surface area contributed by atoms with Crippen LogP contribution in [-0.4, -0.2) is 34.5 Å². The summed E-state index contributed by atoms with van der Waals surface area (Å²) < 4.78 is 5.16. The molecule has 0 saturated heterocycles. The Morgan fingerprint density at radius 1 is 1.23 bits per heavy atom. The van der Waals surface area contributed by atoms with Gasteiger partial charge in [-0.05, 0) is 30.4 Å². The van der Waals surface area contributed by atoms with Gasteiger partial charge in [0.2, 0.25) is 0 Å². The number of benzene rings is 1. The minimum atomic E-state index is -0.325. The van der Waals surface area contributed by atoms with E-state index < -0.39 is 0 Å². The molecule has 3 N–H and O–H groups in total. The van der Waals surface area contributed by atoms with E-state index in [1.165, 1.54) is 12.1 Å². The van der Waals surface area contributed by atoms with Crippen LogP contribution >= 0.6 is 0 Å². The van der Waals surface area contributed by atoms with Crippen molar-refractivity contribution in [2.45, 2.75) is 45.4 Å². The highest BCUT2D eigenvalue weighted by Crippen LogP contribution is 2.25. The van der Waals surface area contributed by atoms with Crippen LogP contribution in [0.15, 0.2) is 18.2 Å². The van der Waals surface area contributed by atoms with Crippen LogP contribution in [0.2, 0.25) is 0 Å². The molecule has 5 heteroatoms. The van der Waals surface area contributed by atoms with Crippen molar-refractivity contribution in [1.29, 1.82) is 0 Å². The fourth-order valence-electron chi connectivity index (χ4n) is 2.25. The molecule has 5 nitrogen and oxygen atoms in total. The molecule has 22 heavy (non-hydrogen) atoms. The number of phenols is 2. The van der Waals surface area contributed by atoms with Gasteiger partial charge >= 0.3 is 5.97 Å². The maximum absolute atomic E-state index is 11.7. The van der Waals surface area contributed by atoms with Crippen LogP contribution in [0.5, 0.6) is 11.5 Å². The standard InChI is InChI=1S/C17H26O5/c1-2-3-4-5-8-22-17(21)10-13(12-18)9-14-6-7-15(19)11-16(14)20/h6-7,11,13,18-20H,2-5,8-10,12H2,1H3. The number of phenolic OH excluding ortho intramolecular Hbond substituents is 2. The zero-order chi connectivity index (χ0) is 16.4. The number of hydrogen-bond donors (Lipinski definition) is 3. The minimum absolute atomic E-state index is 0.0201. The number of ether oxygens (including phenoxy) is 1. The fraction of sp³-hybridized carbons (Fsp3) is 0.588. The van der Waals surface area contributed by atoms with Gasteiger partial charge in [0.05, 0.1) is 13.0 Å². The van der Waals surface area contributed by atoms with E-state index in [1.807, 2.05) is 0 Å². The Bertz CT molecular complexity index is 458. The van der Waals surface area contributed by atoms with Crippen LogP contribution in [0.25, 0.3) is 0 Å². The second-order valence-electron chi connectivity index (χ2n) is 5.55. The lowest BCUT2D eigenvalue weighted by Gasteiger charge is -2.14. The summed E-state index contributed by atoms with van der Waals surface area (Å²) in [7, 11) is 0. The summed E-state index contributed by atoms with van der Waals surface area (Å²) in [5, 5.41) is 28.4. The molecule has 1 atom stereocenters. The molecule has 0 heterocycles. The molecule has 0 radical (unpaired) electrons. The van der Waals surface area contributed by atoms with Gasteiger partial charge in [0.15, 0.2) is 0 Å². The molecule has 124 valence electrons. The monoisotopic (exact) mass is 310 g/mol. The first kappa shape index (κ1) is 18.3. The van der Waals surface area contributed by atoms with Crippen molar-refractivity contribution < 1.29 is 24.9 Å². The first-order chi connectivity index (χ1) is 10.6. The Morgan fingerprint density at radius 2 is 2.00 bits per heavy atom. The number of rotatable bonds is 10. The molecule has 0 bridgehead atoms. The van der Waals surface area contributed by atoms with Crippen molar-refractivity contribution in [3.63, 3.8) is 0 Å². The predicted octanol–water partition coefficient (Wildman–Crippen LogP) is 2.76. The van der Waals surface area contributed by atoms with E-state index in [0.717, 1.165) is 25.7 Å². The predicted molar refractivity (Wildman–Crippen MR) is 83.8 cm³/mol. The van der Waals surface area contributed by atoms with E-state index in [4.69, 9.17) is 4.74 Å². The van der Waals surface area contributed by atoms with E-state index in [1.54, 1.807) is 6.07 Å². The Kier molecular flexibility index (Phi) is 8.36. The molecule has 0 spiro atoms. The minimum Gasteiger partial charge on any atom is -0.508 e. The summed E-state index contributed by atoms with van der Waals surface area (Å²) in [6.45, 7) is 2.38. The number of aliphatic hydroxyl groups is 1. The van der Waals surface area contributed by atoms with Crippen molar-refractivity contribution in [2.75, 3.05) is 13.2 Å². The Labute approximate surface area is 131 Å². The lowest BCUT2D eigenvalue weighted by atomic mass is 9.96. The van der Waals surface area contributed by atoms with E-state index in [0.29, 0.717) is 18.6 Å². The first-order valence-electron chi connectivity index (χ1n) is 7.84. The smallest absolute Gasteiger partial charge is 0.306 e. The molecule has 0 aliphatic heterocycles. The van der Waals surface area contributed by atoms with Crippen molar-refractivity contribution >= 4 is 5.97 Å². The summed E-state index contributed by atoms with van der Waals surface area (Å²) in [6, 6.07) is 4.30. The van der Waals surface area contributed by atoms with Gasteiger partial charge < -0.3 is 20.1 Å². The zero-order valence-corrected chi connectivity index (χ0v) is 13.1. The molecule has 1 aromatic carbocycles. The second-order valence-corrected chi connectivity index (χ2v) is 5.55. The Morgan fingerprint density at radius 3 is 2.64 bits per heavy atom. The highest BCUT2D eigenvalue weighted by Gasteiger charge is 2.16. The van der Waals surface area contributed by atoms with Gasteiger partial charge in [-0.25, -0.2) is 0 Å². The summed E-state index contributed by atoms with van der Waals surface area (Å²) in [6.07, 6.45) is 4.66. The SMILES string of the molecule is CCCCCCOC(=O)CC(CO)Cc1ccc(O)cc1O. The molecule has 1 aromatic rings. The Hall–Kier alpha value is -1.75. The van der Waals surface area contributed by atoms with Gasteiger partial charge in [-0.1, -0.05) is 32.3 Å². The lowest BCUT2D eigenvalue weighted by molar-refractivity contribution is -0.145. The molecule has 1 unspecified atom stereocenters. The molecule has 0 aliphatic carbocycles. The van der Waals surface area contributed by atoms with Gasteiger partial charge in [0.25, 0.3) is 0 Å². The average molecular weight is 310 g/mol. The van der Waals surface area contributed by atoms with Gasteiger partial charge in [-0.3, -0.25) is 4.79 Å². The quantitative estimate of drug-likeness (QED) is 0.457. The van der Waals surface area contributed by atoms with E-state index in [-0.39, 0.29) is 36.4 Å². The maximum atomic E-state index is 11.7. The van der Waals surface area contributed by atoms with Crippen LogP contribution in [0, 0.1) is 5.92 Å². The second kappa shape index (κ2) is 10.1. The molecule has 0 saturated carbocycles. The maximum Gasteiger partial charge on any atom is 0.306 e. The molecule has 0 amide bonds. The zero-order valence-electron chi connectivity index (χ0n) is 13.1. The molecule has 0 aliphatic rings. The number of aliphatic hydroxyl groups excluding tert-OH is 1. The third kappa shape index (κ3) is 6.80. The Balaban J connectivity index is 2.39.